The molecular formula is C40H24N2S. The van der Waals surface area contributed by atoms with Gasteiger partial charge in [0, 0.05) is 58.5 Å². The van der Waals surface area contributed by atoms with Crippen LogP contribution >= 0.6 is 11.3 Å². The second-order valence-corrected chi connectivity index (χ2v) is 12.5. The summed E-state index contributed by atoms with van der Waals surface area (Å²) >= 11 is 1.87. The Morgan fingerprint density at radius 2 is 1.02 bits per heavy atom. The smallest absolute Gasteiger partial charge is 0.0619 e. The Labute approximate surface area is 251 Å². The van der Waals surface area contributed by atoms with Crippen molar-refractivity contribution in [1.29, 1.82) is 0 Å². The van der Waals surface area contributed by atoms with Gasteiger partial charge in [-0.05, 0) is 53.9 Å². The van der Waals surface area contributed by atoms with E-state index in [4.69, 9.17) is 0 Å². The first-order valence-electron chi connectivity index (χ1n) is 14.7. The zero-order valence-electron chi connectivity index (χ0n) is 23.2. The van der Waals surface area contributed by atoms with Crippen LogP contribution in [0.1, 0.15) is 0 Å². The zero-order valence-corrected chi connectivity index (χ0v) is 24.0. The number of hydrogen-bond acceptors (Lipinski definition) is 1. The molecule has 3 heteroatoms. The van der Waals surface area contributed by atoms with Gasteiger partial charge < -0.3 is 9.13 Å². The molecule has 43 heavy (non-hydrogen) atoms. The second-order valence-electron chi connectivity index (χ2n) is 11.4. The van der Waals surface area contributed by atoms with Crippen LogP contribution in [-0.2, 0) is 0 Å². The first-order chi connectivity index (χ1) is 21.3. The van der Waals surface area contributed by atoms with Crippen LogP contribution in [0.3, 0.4) is 0 Å². The van der Waals surface area contributed by atoms with Crippen LogP contribution in [0.2, 0.25) is 0 Å². The van der Waals surface area contributed by atoms with Crippen molar-refractivity contribution in [2.24, 2.45) is 0 Å². The molecule has 0 amide bonds. The number of fused-ring (bicyclic) bond motifs is 11. The van der Waals surface area contributed by atoms with Crippen molar-refractivity contribution in [2.75, 3.05) is 0 Å². The molecular weight excluding hydrogens is 541 g/mol. The van der Waals surface area contributed by atoms with Crippen LogP contribution in [0.15, 0.2) is 146 Å². The molecule has 0 spiro atoms. The average molecular weight is 565 g/mol. The van der Waals surface area contributed by atoms with Crippen molar-refractivity contribution in [1.82, 2.24) is 9.13 Å². The predicted octanol–water partition coefficient (Wildman–Crippen LogP) is 11.4. The van der Waals surface area contributed by atoms with Gasteiger partial charge in [0.1, 0.15) is 0 Å². The third-order valence-electron chi connectivity index (χ3n) is 9.08. The van der Waals surface area contributed by atoms with Crippen molar-refractivity contribution in [3.8, 4) is 11.4 Å². The Hall–Kier alpha value is -5.38. The highest BCUT2D eigenvalue weighted by atomic mass is 32.1. The van der Waals surface area contributed by atoms with Gasteiger partial charge in [0.2, 0.25) is 0 Å². The van der Waals surface area contributed by atoms with Crippen LogP contribution in [0, 0.1) is 0 Å². The molecule has 0 unspecified atom stereocenters. The van der Waals surface area contributed by atoms with Crippen molar-refractivity contribution in [2.45, 2.75) is 0 Å². The fraction of sp³-hybridized carbons (Fsp3) is 0. The van der Waals surface area contributed by atoms with Gasteiger partial charge in [-0.25, -0.2) is 0 Å². The largest absolute Gasteiger partial charge is 0.309 e. The van der Waals surface area contributed by atoms with E-state index in [1.807, 2.05) is 11.3 Å². The highest BCUT2D eigenvalue weighted by Gasteiger charge is 2.20. The Bertz CT molecular complexity index is 2720. The molecule has 0 bridgehead atoms. The summed E-state index contributed by atoms with van der Waals surface area (Å²) in [5, 5.41) is 10.3. The number of aromatic nitrogens is 2. The quantitative estimate of drug-likeness (QED) is 0.198. The maximum absolute atomic E-state index is 2.46. The fourth-order valence-corrected chi connectivity index (χ4v) is 8.35. The molecule has 0 aliphatic carbocycles. The molecule has 0 aliphatic heterocycles. The Balaban J connectivity index is 1.37. The summed E-state index contributed by atoms with van der Waals surface area (Å²) in [5.41, 5.74) is 7.29. The van der Waals surface area contributed by atoms with Gasteiger partial charge in [-0.15, -0.1) is 11.3 Å². The Kier molecular flexibility index (Phi) is 4.63. The summed E-state index contributed by atoms with van der Waals surface area (Å²) in [6.45, 7) is 0. The van der Waals surface area contributed by atoms with Gasteiger partial charge in [0.25, 0.3) is 0 Å². The standard InChI is InChI=1S/C40H24N2S/c1-2-11-26(12-3-1)42-37-24-36-33(23-34(37)32-20-18-25-10-4-5-13-28(25)40(32)42)29-14-6-8-16-35(29)41(36)27-19-21-31-30-15-7-9-17-38(30)43-39(31)22-27/h1-24H. The van der Waals surface area contributed by atoms with E-state index in [0.717, 1.165) is 0 Å². The lowest BCUT2D eigenvalue weighted by molar-refractivity contribution is 1.17. The minimum Gasteiger partial charge on any atom is -0.309 e. The van der Waals surface area contributed by atoms with Gasteiger partial charge in [-0.3, -0.25) is 0 Å². The third-order valence-corrected chi connectivity index (χ3v) is 10.2. The summed E-state index contributed by atoms with van der Waals surface area (Å²) in [4.78, 5) is 0. The van der Waals surface area contributed by atoms with Crippen LogP contribution in [-0.4, -0.2) is 9.13 Å². The average Bonchev–Trinajstić information content (AvgIpc) is 3.71. The molecule has 0 aliphatic rings. The Morgan fingerprint density at radius 1 is 0.349 bits per heavy atom. The summed E-state index contributed by atoms with van der Waals surface area (Å²) in [7, 11) is 0. The van der Waals surface area contributed by atoms with E-state index in [0.29, 0.717) is 0 Å². The molecule has 10 aromatic rings. The van der Waals surface area contributed by atoms with Gasteiger partial charge in [0.05, 0.1) is 22.1 Å². The van der Waals surface area contributed by atoms with Crippen LogP contribution in [0.4, 0.5) is 0 Å². The first kappa shape index (κ1) is 23.2. The van der Waals surface area contributed by atoms with Crippen molar-refractivity contribution >= 4 is 85.9 Å². The molecule has 0 saturated carbocycles. The maximum Gasteiger partial charge on any atom is 0.0619 e. The van der Waals surface area contributed by atoms with E-state index in [-0.39, 0.29) is 0 Å². The van der Waals surface area contributed by atoms with E-state index in [2.05, 4.69) is 155 Å². The van der Waals surface area contributed by atoms with Crippen LogP contribution < -0.4 is 0 Å². The normalized spacial score (nSPS) is 12.2. The van der Waals surface area contributed by atoms with E-state index in [1.165, 1.54) is 85.9 Å². The molecule has 7 aromatic carbocycles. The highest BCUT2D eigenvalue weighted by Crippen LogP contribution is 2.42. The summed E-state index contributed by atoms with van der Waals surface area (Å²) in [6.07, 6.45) is 0. The maximum atomic E-state index is 2.46. The van der Waals surface area contributed by atoms with Crippen LogP contribution in [0.5, 0.6) is 0 Å². The molecule has 0 saturated heterocycles. The van der Waals surface area contributed by atoms with Gasteiger partial charge in [0.15, 0.2) is 0 Å². The number of hydrogen-bond donors (Lipinski definition) is 0. The predicted molar refractivity (Wildman–Crippen MR) is 186 cm³/mol. The lowest BCUT2D eigenvalue weighted by Gasteiger charge is -2.11. The molecule has 3 aromatic heterocycles. The fourth-order valence-electron chi connectivity index (χ4n) is 7.22. The van der Waals surface area contributed by atoms with Crippen molar-refractivity contribution < 1.29 is 0 Å². The summed E-state index contributed by atoms with van der Waals surface area (Å²) < 4.78 is 7.57. The topological polar surface area (TPSA) is 9.86 Å². The lowest BCUT2D eigenvalue weighted by Crippen LogP contribution is -1.96. The van der Waals surface area contributed by atoms with Crippen molar-refractivity contribution in [3.63, 3.8) is 0 Å². The van der Waals surface area contributed by atoms with E-state index in [1.54, 1.807) is 0 Å². The SMILES string of the molecule is c1ccc(-n2c3cc4c(cc3c3ccc5ccccc5c32)c2ccccc2n4-c2ccc3c(c2)sc2ccccc23)cc1. The second kappa shape index (κ2) is 8.57. The molecule has 0 fully saturated rings. The van der Waals surface area contributed by atoms with E-state index in [9.17, 15) is 0 Å². The van der Waals surface area contributed by atoms with Gasteiger partial charge in [-0.2, -0.15) is 0 Å². The van der Waals surface area contributed by atoms with E-state index < -0.39 is 0 Å². The summed E-state index contributed by atoms with van der Waals surface area (Å²) in [5.74, 6) is 0. The first-order valence-corrected chi connectivity index (χ1v) is 15.5. The summed E-state index contributed by atoms with van der Waals surface area (Å²) in [6, 6.07) is 53.5. The minimum atomic E-state index is 1.17. The molecule has 0 atom stereocenters. The van der Waals surface area contributed by atoms with Crippen molar-refractivity contribution in [3.05, 3.63) is 146 Å². The number of thiophene rings is 1. The third kappa shape index (κ3) is 3.17. The molecule has 3 heterocycles. The molecule has 10 rings (SSSR count). The number of benzene rings is 7. The number of rotatable bonds is 2. The monoisotopic (exact) mass is 564 g/mol. The van der Waals surface area contributed by atoms with E-state index >= 15 is 0 Å². The number of nitrogens with zero attached hydrogens (tertiary/aromatic N) is 2. The van der Waals surface area contributed by atoms with Crippen LogP contribution in [0.25, 0.3) is 85.9 Å². The Morgan fingerprint density at radius 3 is 1.93 bits per heavy atom. The molecule has 0 N–H and O–H groups in total. The highest BCUT2D eigenvalue weighted by molar-refractivity contribution is 7.25. The molecule has 0 radical (unpaired) electrons. The van der Waals surface area contributed by atoms with Gasteiger partial charge in [-0.1, -0.05) is 97.1 Å². The van der Waals surface area contributed by atoms with Gasteiger partial charge >= 0.3 is 0 Å². The molecule has 200 valence electrons. The number of para-hydroxylation sites is 2. The minimum absolute atomic E-state index is 1.17. The lowest BCUT2D eigenvalue weighted by atomic mass is 10.0. The zero-order chi connectivity index (χ0) is 28.1. The molecule has 2 nitrogen and oxygen atoms in total.